The molecule has 0 spiro atoms. The lowest BCUT2D eigenvalue weighted by atomic mass is 9.96. The molecule has 0 aliphatic carbocycles. The number of piperidine rings is 1. The fraction of sp³-hybridized carbons (Fsp3) is 0.429. The number of hydrogen-bond acceptors (Lipinski definition) is 3. The predicted octanol–water partition coefficient (Wildman–Crippen LogP) is 1.65. The molecule has 2 rings (SSSR count). The predicted molar refractivity (Wildman–Crippen MR) is 76.4 cm³/mol. The van der Waals surface area contributed by atoms with Crippen LogP contribution in [-0.2, 0) is 9.59 Å². The first-order valence-corrected chi connectivity index (χ1v) is 6.99. The number of amides is 2. The number of nitrogens with one attached hydrogen (secondary N) is 1. The third-order valence-electron chi connectivity index (χ3n) is 3.58. The minimum atomic E-state index is -0.932. The molecule has 0 aromatic heterocycles. The van der Waals surface area contributed by atoms with E-state index in [4.69, 9.17) is 11.6 Å². The van der Waals surface area contributed by atoms with Crippen molar-refractivity contribution in [2.45, 2.75) is 19.4 Å². The molecule has 1 saturated heterocycles. The van der Waals surface area contributed by atoms with Gasteiger partial charge in [-0.25, -0.2) is 4.39 Å². The molecule has 114 valence electrons. The van der Waals surface area contributed by atoms with Gasteiger partial charge in [0.2, 0.25) is 0 Å². The van der Waals surface area contributed by atoms with Gasteiger partial charge in [-0.1, -0.05) is 18.5 Å². The van der Waals surface area contributed by atoms with Gasteiger partial charge < -0.3 is 15.3 Å². The lowest BCUT2D eigenvalue weighted by Crippen LogP contribution is -2.49. The van der Waals surface area contributed by atoms with Gasteiger partial charge in [0.15, 0.2) is 0 Å². The van der Waals surface area contributed by atoms with Gasteiger partial charge in [-0.2, -0.15) is 0 Å². The number of benzene rings is 1. The number of anilines is 1. The molecule has 21 heavy (non-hydrogen) atoms. The van der Waals surface area contributed by atoms with Crippen LogP contribution in [0.2, 0.25) is 5.02 Å². The van der Waals surface area contributed by atoms with Crippen LogP contribution in [0.5, 0.6) is 0 Å². The average molecular weight is 315 g/mol. The van der Waals surface area contributed by atoms with Crippen molar-refractivity contribution in [3.63, 3.8) is 0 Å². The zero-order valence-corrected chi connectivity index (χ0v) is 12.2. The van der Waals surface area contributed by atoms with Gasteiger partial charge in [-0.05, 0) is 30.5 Å². The first-order chi connectivity index (χ1) is 9.88. The lowest BCUT2D eigenvalue weighted by molar-refractivity contribution is -0.146. The fourth-order valence-corrected chi connectivity index (χ4v) is 2.30. The summed E-state index contributed by atoms with van der Waals surface area (Å²) in [5.41, 5.74) is -0.108. The van der Waals surface area contributed by atoms with Crippen LogP contribution in [0, 0.1) is 11.7 Å². The minimum Gasteiger partial charge on any atom is -0.391 e. The normalized spacial score (nSPS) is 22.0. The summed E-state index contributed by atoms with van der Waals surface area (Å²) in [5, 5.41) is 12.2. The number of likely N-dealkylation sites (tertiary alicyclic amines) is 1. The lowest BCUT2D eigenvalue weighted by Gasteiger charge is -2.33. The van der Waals surface area contributed by atoms with Crippen molar-refractivity contribution in [3.8, 4) is 0 Å². The van der Waals surface area contributed by atoms with Crippen LogP contribution in [0.3, 0.4) is 0 Å². The van der Waals surface area contributed by atoms with Gasteiger partial charge >= 0.3 is 11.8 Å². The maximum Gasteiger partial charge on any atom is 0.313 e. The van der Waals surface area contributed by atoms with Crippen molar-refractivity contribution >= 4 is 29.1 Å². The first-order valence-electron chi connectivity index (χ1n) is 6.62. The molecule has 1 aliphatic rings. The van der Waals surface area contributed by atoms with Crippen molar-refractivity contribution < 1.29 is 19.1 Å². The average Bonchev–Trinajstić information content (AvgIpc) is 2.44. The Kier molecular flexibility index (Phi) is 4.80. The van der Waals surface area contributed by atoms with Crippen molar-refractivity contribution in [2.75, 3.05) is 18.4 Å². The molecule has 5 nitrogen and oxygen atoms in total. The van der Waals surface area contributed by atoms with Gasteiger partial charge in [0.1, 0.15) is 5.82 Å². The zero-order valence-electron chi connectivity index (χ0n) is 11.5. The van der Waals surface area contributed by atoms with E-state index >= 15 is 0 Å². The van der Waals surface area contributed by atoms with Gasteiger partial charge in [0, 0.05) is 18.1 Å². The summed E-state index contributed by atoms with van der Waals surface area (Å²) in [7, 11) is 0. The monoisotopic (exact) mass is 314 g/mol. The Balaban J connectivity index is 2.01. The van der Waals surface area contributed by atoms with Crippen LogP contribution in [0.4, 0.5) is 10.1 Å². The highest BCUT2D eigenvalue weighted by atomic mass is 35.5. The Morgan fingerprint density at radius 2 is 2.19 bits per heavy atom. The minimum absolute atomic E-state index is 0.0887. The maximum atomic E-state index is 13.6. The Morgan fingerprint density at radius 1 is 1.48 bits per heavy atom. The fourth-order valence-electron chi connectivity index (χ4n) is 2.14. The first kappa shape index (κ1) is 15.7. The number of rotatable bonds is 1. The van der Waals surface area contributed by atoms with Crippen LogP contribution in [0.15, 0.2) is 18.2 Å². The Labute approximate surface area is 126 Å². The molecule has 1 aliphatic heterocycles. The second-order valence-corrected chi connectivity index (χ2v) is 5.60. The molecular weight excluding hydrogens is 299 g/mol. The Hall–Kier alpha value is -1.66. The second-order valence-electron chi connectivity index (χ2n) is 5.16. The summed E-state index contributed by atoms with van der Waals surface area (Å²) in [6, 6.07) is 3.75. The van der Waals surface area contributed by atoms with Gasteiger partial charge in [-0.3, -0.25) is 9.59 Å². The quantitative estimate of drug-likeness (QED) is 0.774. The number of carbonyl (C=O) groups excluding carboxylic acids is 2. The molecule has 0 bridgehead atoms. The van der Waals surface area contributed by atoms with Crippen LogP contribution < -0.4 is 5.32 Å². The van der Waals surface area contributed by atoms with Crippen molar-refractivity contribution in [3.05, 3.63) is 29.0 Å². The van der Waals surface area contributed by atoms with E-state index in [1.54, 1.807) is 0 Å². The smallest absolute Gasteiger partial charge is 0.313 e. The molecule has 0 radical (unpaired) electrons. The summed E-state index contributed by atoms with van der Waals surface area (Å²) < 4.78 is 13.6. The Morgan fingerprint density at radius 3 is 2.81 bits per heavy atom. The largest absolute Gasteiger partial charge is 0.391 e. The Bertz CT molecular complexity index is 567. The molecular formula is C14H16ClFN2O3. The number of halogens is 2. The topological polar surface area (TPSA) is 69.6 Å². The molecule has 1 aromatic carbocycles. The molecule has 2 amide bonds. The van der Waals surface area contributed by atoms with E-state index in [2.05, 4.69) is 5.32 Å². The van der Waals surface area contributed by atoms with Gasteiger partial charge in [0.25, 0.3) is 0 Å². The molecule has 2 N–H and O–H groups in total. The van der Waals surface area contributed by atoms with E-state index in [1.807, 2.05) is 6.92 Å². The summed E-state index contributed by atoms with van der Waals surface area (Å²) in [5.74, 6) is -2.34. The summed E-state index contributed by atoms with van der Waals surface area (Å²) >= 11 is 5.61. The van der Waals surface area contributed by atoms with Crippen LogP contribution in [0.1, 0.15) is 13.3 Å². The molecule has 1 aromatic rings. The third kappa shape index (κ3) is 3.71. The highest BCUT2D eigenvalue weighted by molar-refractivity contribution is 6.39. The van der Waals surface area contributed by atoms with E-state index in [1.165, 1.54) is 17.0 Å². The standard InChI is InChI=1S/C14H16ClFN2O3/c1-8-4-5-18(7-12(8)19)14(21)13(20)17-11-3-2-9(15)6-10(11)16/h2-3,6,8,12,19H,4-5,7H2,1H3,(H,17,20). The number of aliphatic hydroxyl groups is 1. The summed E-state index contributed by atoms with van der Waals surface area (Å²) in [6.45, 7) is 2.39. The van der Waals surface area contributed by atoms with E-state index in [9.17, 15) is 19.1 Å². The third-order valence-corrected chi connectivity index (χ3v) is 3.81. The molecule has 1 fully saturated rings. The van der Waals surface area contributed by atoms with Crippen LogP contribution in [0.25, 0.3) is 0 Å². The van der Waals surface area contributed by atoms with Crippen molar-refractivity contribution in [1.82, 2.24) is 4.90 Å². The summed E-state index contributed by atoms with van der Waals surface area (Å²) in [6.07, 6.45) is -0.0297. The number of β-amino-alcohol motifs (C(OH)–C–C–N with tert-alkyl or cyclic N) is 1. The number of aliphatic hydroxyl groups excluding tert-OH is 1. The SMILES string of the molecule is CC1CCN(C(=O)C(=O)Nc2ccc(Cl)cc2F)CC1O. The van der Waals surface area contributed by atoms with Crippen LogP contribution in [-0.4, -0.2) is 41.0 Å². The number of nitrogens with zero attached hydrogens (tertiary/aromatic N) is 1. The van der Waals surface area contributed by atoms with E-state index in [0.717, 1.165) is 6.07 Å². The van der Waals surface area contributed by atoms with E-state index in [0.29, 0.717) is 13.0 Å². The molecule has 1 heterocycles. The van der Waals surface area contributed by atoms with Gasteiger partial charge in [0.05, 0.1) is 11.8 Å². The molecule has 2 unspecified atom stereocenters. The van der Waals surface area contributed by atoms with Gasteiger partial charge in [-0.15, -0.1) is 0 Å². The highest BCUT2D eigenvalue weighted by Crippen LogP contribution is 2.20. The second kappa shape index (κ2) is 6.41. The van der Waals surface area contributed by atoms with Crippen molar-refractivity contribution in [2.24, 2.45) is 5.92 Å². The number of carbonyl (C=O) groups is 2. The molecule has 2 atom stereocenters. The highest BCUT2D eigenvalue weighted by Gasteiger charge is 2.30. The van der Waals surface area contributed by atoms with Crippen LogP contribution >= 0.6 is 11.6 Å². The number of hydrogen-bond donors (Lipinski definition) is 2. The van der Waals surface area contributed by atoms with E-state index < -0.39 is 23.7 Å². The zero-order chi connectivity index (χ0) is 15.6. The van der Waals surface area contributed by atoms with Crippen molar-refractivity contribution in [1.29, 1.82) is 0 Å². The van der Waals surface area contributed by atoms with E-state index in [-0.39, 0.29) is 23.2 Å². The molecule has 0 saturated carbocycles. The maximum absolute atomic E-state index is 13.6. The molecule has 7 heteroatoms. The summed E-state index contributed by atoms with van der Waals surface area (Å²) in [4.78, 5) is 25.1.